The Morgan fingerprint density at radius 3 is 2.69 bits per heavy atom. The number of rotatable bonds is 5. The molecule has 1 aliphatic heterocycles. The average Bonchev–Trinajstić information content (AvgIpc) is 3.03. The van der Waals surface area contributed by atoms with Crippen molar-refractivity contribution in [2.24, 2.45) is 5.92 Å². The number of benzene rings is 2. The number of hydrogen-bond donors (Lipinski definition) is 1. The number of nitrogens with zero attached hydrogens (tertiary/aromatic N) is 1. The molecule has 0 spiro atoms. The third-order valence-electron chi connectivity index (χ3n) is 4.31. The summed E-state index contributed by atoms with van der Waals surface area (Å²) >= 11 is 5.99. The van der Waals surface area contributed by atoms with Crippen LogP contribution in [0, 0.1) is 5.92 Å². The lowest BCUT2D eigenvalue weighted by Crippen LogP contribution is -2.33. The van der Waals surface area contributed by atoms with E-state index >= 15 is 0 Å². The van der Waals surface area contributed by atoms with Crippen molar-refractivity contribution in [2.75, 3.05) is 31.0 Å². The number of nitrogens with one attached hydrogen (secondary N) is 1. The quantitative estimate of drug-likeness (QED) is 0.815. The number of amides is 2. The number of methoxy groups -OCH3 is 2. The Kier molecular flexibility index (Phi) is 5.32. The highest BCUT2D eigenvalue weighted by molar-refractivity contribution is 6.31. The minimum absolute atomic E-state index is 0.239. The van der Waals surface area contributed by atoms with E-state index in [0.717, 1.165) is 0 Å². The molecule has 7 heteroatoms. The first-order valence-corrected chi connectivity index (χ1v) is 8.51. The fourth-order valence-electron chi connectivity index (χ4n) is 2.95. The van der Waals surface area contributed by atoms with Crippen LogP contribution in [0.25, 0.3) is 0 Å². The van der Waals surface area contributed by atoms with Crippen LogP contribution in [0.4, 0.5) is 11.4 Å². The molecule has 0 aliphatic carbocycles. The molecule has 136 valence electrons. The molecule has 1 unspecified atom stereocenters. The number of ether oxygens (including phenoxy) is 2. The molecular formula is C19H19ClN2O4. The van der Waals surface area contributed by atoms with Gasteiger partial charge in [-0.05, 0) is 36.8 Å². The van der Waals surface area contributed by atoms with Crippen molar-refractivity contribution >= 4 is 34.8 Å². The molecule has 2 aromatic rings. The van der Waals surface area contributed by atoms with Gasteiger partial charge in [-0.25, -0.2) is 0 Å². The van der Waals surface area contributed by atoms with E-state index in [-0.39, 0.29) is 11.8 Å². The minimum Gasteiger partial charge on any atom is -0.497 e. The van der Waals surface area contributed by atoms with Crippen molar-refractivity contribution in [1.82, 2.24) is 0 Å². The zero-order valence-corrected chi connectivity index (χ0v) is 15.2. The van der Waals surface area contributed by atoms with E-state index < -0.39 is 5.92 Å². The second-order valence-corrected chi connectivity index (χ2v) is 6.30. The van der Waals surface area contributed by atoms with Crippen molar-refractivity contribution in [1.29, 1.82) is 0 Å². The highest BCUT2D eigenvalue weighted by atomic mass is 35.5. The molecule has 3 rings (SSSR count). The third kappa shape index (κ3) is 3.60. The van der Waals surface area contributed by atoms with Gasteiger partial charge in [0.2, 0.25) is 11.8 Å². The van der Waals surface area contributed by atoms with Crippen LogP contribution in [0.15, 0.2) is 42.5 Å². The smallest absolute Gasteiger partial charge is 0.239 e. The molecule has 6 nitrogen and oxygen atoms in total. The summed E-state index contributed by atoms with van der Waals surface area (Å²) in [6, 6.07) is 12.1. The Labute approximate surface area is 156 Å². The predicted octanol–water partition coefficient (Wildman–Crippen LogP) is 3.35. The third-order valence-corrected chi connectivity index (χ3v) is 4.54. The maximum atomic E-state index is 12.7. The van der Waals surface area contributed by atoms with Gasteiger partial charge in [-0.3, -0.25) is 9.59 Å². The monoisotopic (exact) mass is 374 g/mol. The number of halogens is 1. The van der Waals surface area contributed by atoms with E-state index in [4.69, 9.17) is 21.1 Å². The normalized spacial score (nSPS) is 16.5. The number of carbonyl (C=O) groups excluding carboxylic acids is 2. The van der Waals surface area contributed by atoms with Crippen LogP contribution in [-0.2, 0) is 9.59 Å². The predicted molar refractivity (Wildman–Crippen MR) is 100 cm³/mol. The molecule has 26 heavy (non-hydrogen) atoms. The van der Waals surface area contributed by atoms with Gasteiger partial charge in [-0.15, -0.1) is 0 Å². The van der Waals surface area contributed by atoms with Gasteiger partial charge in [0.1, 0.15) is 17.4 Å². The summed E-state index contributed by atoms with van der Waals surface area (Å²) in [4.78, 5) is 26.9. The summed E-state index contributed by atoms with van der Waals surface area (Å²) in [5, 5.41) is 3.32. The first-order valence-electron chi connectivity index (χ1n) is 8.13. The second kappa shape index (κ2) is 7.66. The highest BCUT2D eigenvalue weighted by Crippen LogP contribution is 2.31. The average molecular weight is 375 g/mol. The molecule has 1 atom stereocenters. The summed E-state index contributed by atoms with van der Waals surface area (Å²) in [6.07, 6.45) is 0.440. The maximum Gasteiger partial charge on any atom is 0.239 e. The molecule has 1 heterocycles. The molecule has 0 aromatic heterocycles. The summed E-state index contributed by atoms with van der Waals surface area (Å²) in [5.41, 5.74) is 1.19. The van der Waals surface area contributed by atoms with Crippen molar-refractivity contribution < 1.29 is 19.1 Å². The SMILES string of the molecule is COc1ccc(NC(=O)C2CCN(c3cccc(Cl)c3)C2=O)c(OC)c1. The first kappa shape index (κ1) is 18.1. The van der Waals surface area contributed by atoms with Gasteiger partial charge < -0.3 is 19.7 Å². The molecule has 0 radical (unpaired) electrons. The Morgan fingerprint density at radius 1 is 1.19 bits per heavy atom. The van der Waals surface area contributed by atoms with Gasteiger partial charge >= 0.3 is 0 Å². The molecule has 1 fully saturated rings. The van der Waals surface area contributed by atoms with E-state index in [9.17, 15) is 9.59 Å². The highest BCUT2D eigenvalue weighted by Gasteiger charge is 2.37. The van der Waals surface area contributed by atoms with Gasteiger partial charge in [-0.1, -0.05) is 17.7 Å². The lowest BCUT2D eigenvalue weighted by atomic mass is 10.1. The molecule has 1 aliphatic rings. The minimum atomic E-state index is -0.749. The number of anilines is 2. The zero-order chi connectivity index (χ0) is 18.7. The van der Waals surface area contributed by atoms with Crippen molar-refractivity contribution in [3.05, 3.63) is 47.5 Å². The topological polar surface area (TPSA) is 67.9 Å². The Morgan fingerprint density at radius 2 is 2.00 bits per heavy atom. The van der Waals surface area contributed by atoms with Crippen LogP contribution >= 0.6 is 11.6 Å². The van der Waals surface area contributed by atoms with Crippen molar-refractivity contribution in [2.45, 2.75) is 6.42 Å². The first-order chi connectivity index (χ1) is 12.5. The molecule has 0 saturated carbocycles. The Bertz CT molecular complexity index is 840. The van der Waals surface area contributed by atoms with Crippen LogP contribution in [-0.4, -0.2) is 32.6 Å². The Hall–Kier alpha value is -2.73. The van der Waals surface area contributed by atoms with Crippen LogP contribution < -0.4 is 19.7 Å². The van der Waals surface area contributed by atoms with Gasteiger partial charge in [0.15, 0.2) is 0 Å². The fraction of sp³-hybridized carbons (Fsp3) is 0.263. The maximum absolute atomic E-state index is 12.7. The van der Waals surface area contributed by atoms with E-state index in [1.54, 1.807) is 54.5 Å². The van der Waals surface area contributed by atoms with E-state index in [1.165, 1.54) is 7.11 Å². The number of carbonyl (C=O) groups is 2. The van der Waals surface area contributed by atoms with Gasteiger partial charge in [0, 0.05) is 23.3 Å². The van der Waals surface area contributed by atoms with Crippen LogP contribution in [0.1, 0.15) is 6.42 Å². The molecule has 2 aromatic carbocycles. The van der Waals surface area contributed by atoms with Crippen molar-refractivity contribution in [3.8, 4) is 11.5 Å². The van der Waals surface area contributed by atoms with E-state index in [0.29, 0.717) is 40.9 Å². The fourth-order valence-corrected chi connectivity index (χ4v) is 3.13. The number of hydrogen-bond acceptors (Lipinski definition) is 4. The van der Waals surface area contributed by atoms with Crippen LogP contribution in [0.5, 0.6) is 11.5 Å². The summed E-state index contributed by atoms with van der Waals surface area (Å²) in [6.45, 7) is 0.469. The standard InChI is InChI=1S/C19H19ClN2O4/c1-25-14-6-7-16(17(11-14)26-2)21-18(23)15-8-9-22(19(15)24)13-5-3-4-12(20)10-13/h3-7,10-11,15H,8-9H2,1-2H3,(H,21,23). The summed E-state index contributed by atoms with van der Waals surface area (Å²) in [5.74, 6) is -0.264. The van der Waals surface area contributed by atoms with Gasteiger partial charge in [-0.2, -0.15) is 0 Å². The van der Waals surface area contributed by atoms with Gasteiger partial charge in [0.05, 0.1) is 19.9 Å². The molecular weight excluding hydrogens is 356 g/mol. The molecule has 1 N–H and O–H groups in total. The van der Waals surface area contributed by atoms with Crippen LogP contribution in [0.3, 0.4) is 0 Å². The lowest BCUT2D eigenvalue weighted by Gasteiger charge is -2.17. The summed E-state index contributed by atoms with van der Waals surface area (Å²) in [7, 11) is 3.06. The molecule has 1 saturated heterocycles. The molecule has 2 amide bonds. The lowest BCUT2D eigenvalue weighted by molar-refractivity contribution is -0.129. The second-order valence-electron chi connectivity index (χ2n) is 5.87. The van der Waals surface area contributed by atoms with Crippen LogP contribution in [0.2, 0.25) is 5.02 Å². The van der Waals surface area contributed by atoms with E-state index in [1.807, 2.05) is 0 Å². The largest absolute Gasteiger partial charge is 0.497 e. The van der Waals surface area contributed by atoms with Crippen molar-refractivity contribution in [3.63, 3.8) is 0 Å². The van der Waals surface area contributed by atoms with Gasteiger partial charge in [0.25, 0.3) is 0 Å². The Balaban J connectivity index is 1.74. The zero-order valence-electron chi connectivity index (χ0n) is 14.5. The molecule has 0 bridgehead atoms. The van der Waals surface area contributed by atoms with E-state index in [2.05, 4.69) is 5.32 Å². The summed E-state index contributed by atoms with van der Waals surface area (Å²) < 4.78 is 10.4.